The van der Waals surface area contributed by atoms with E-state index in [-0.39, 0.29) is 12.4 Å². The maximum absolute atomic E-state index is 11.2. The summed E-state index contributed by atoms with van der Waals surface area (Å²) in [5, 5.41) is 2.71. The van der Waals surface area contributed by atoms with Crippen molar-refractivity contribution in [2.75, 3.05) is 13.7 Å². The minimum absolute atomic E-state index is 0.221. The van der Waals surface area contributed by atoms with Gasteiger partial charge in [0.15, 0.2) is 0 Å². The van der Waals surface area contributed by atoms with E-state index in [0.717, 1.165) is 35.0 Å². The van der Waals surface area contributed by atoms with Gasteiger partial charge in [-0.15, -0.1) is 11.3 Å². The van der Waals surface area contributed by atoms with E-state index in [1.807, 2.05) is 29.6 Å². The monoisotopic (exact) mass is 291 g/mol. The van der Waals surface area contributed by atoms with Gasteiger partial charge in [0.25, 0.3) is 0 Å². The largest absolute Gasteiger partial charge is 0.494 e. The van der Waals surface area contributed by atoms with Gasteiger partial charge < -0.3 is 9.47 Å². The fourth-order valence-electron chi connectivity index (χ4n) is 1.66. The number of carbonyl (C=O) groups is 1. The first kappa shape index (κ1) is 14.5. The molecule has 2 aromatic rings. The number of carbonyl (C=O) groups excluding carboxylic acids is 1. The molecule has 0 amide bonds. The quantitative estimate of drug-likeness (QED) is 0.766. The van der Waals surface area contributed by atoms with Crippen molar-refractivity contribution in [1.82, 2.24) is 4.98 Å². The highest BCUT2D eigenvalue weighted by molar-refractivity contribution is 7.10. The van der Waals surface area contributed by atoms with Crippen LogP contribution in [-0.4, -0.2) is 24.7 Å². The number of hydrogen-bond acceptors (Lipinski definition) is 5. The van der Waals surface area contributed by atoms with Gasteiger partial charge in [-0.05, 0) is 30.7 Å². The van der Waals surface area contributed by atoms with Gasteiger partial charge in [0.05, 0.1) is 25.8 Å². The van der Waals surface area contributed by atoms with E-state index in [2.05, 4.69) is 16.6 Å². The highest BCUT2D eigenvalue weighted by Gasteiger charge is 2.09. The first-order valence-corrected chi connectivity index (χ1v) is 7.35. The summed E-state index contributed by atoms with van der Waals surface area (Å²) in [6.07, 6.45) is 1.21. The molecule has 0 bridgehead atoms. The van der Waals surface area contributed by atoms with E-state index in [1.54, 1.807) is 0 Å². The number of rotatable bonds is 6. The Hall–Kier alpha value is -1.88. The van der Waals surface area contributed by atoms with Crippen molar-refractivity contribution in [3.8, 4) is 17.0 Å². The van der Waals surface area contributed by atoms with Gasteiger partial charge in [-0.3, -0.25) is 4.79 Å². The molecule has 5 heteroatoms. The van der Waals surface area contributed by atoms with Crippen LogP contribution >= 0.6 is 11.3 Å². The van der Waals surface area contributed by atoms with Crippen LogP contribution in [0.1, 0.15) is 18.4 Å². The summed E-state index contributed by atoms with van der Waals surface area (Å²) < 4.78 is 10.2. The lowest BCUT2D eigenvalue weighted by Gasteiger charge is -2.04. The van der Waals surface area contributed by atoms with Gasteiger partial charge in [0, 0.05) is 10.9 Å². The van der Waals surface area contributed by atoms with Crippen LogP contribution in [0.25, 0.3) is 11.3 Å². The highest BCUT2D eigenvalue weighted by atomic mass is 32.1. The third-order valence-electron chi connectivity index (χ3n) is 2.70. The van der Waals surface area contributed by atoms with E-state index in [0.29, 0.717) is 0 Å². The Balaban J connectivity index is 2.06. The van der Waals surface area contributed by atoms with E-state index in [9.17, 15) is 4.79 Å². The first-order chi connectivity index (χ1) is 9.72. The van der Waals surface area contributed by atoms with Gasteiger partial charge in [-0.2, -0.15) is 0 Å². The lowest BCUT2D eigenvalue weighted by molar-refractivity contribution is -0.139. The van der Waals surface area contributed by atoms with Crippen molar-refractivity contribution in [2.45, 2.75) is 19.8 Å². The minimum atomic E-state index is -0.269. The molecule has 0 radical (unpaired) electrons. The fourth-order valence-corrected chi connectivity index (χ4v) is 2.45. The van der Waals surface area contributed by atoms with Gasteiger partial charge in [0.2, 0.25) is 0 Å². The third kappa shape index (κ3) is 3.81. The van der Waals surface area contributed by atoms with Gasteiger partial charge >= 0.3 is 5.97 Å². The van der Waals surface area contributed by atoms with Gasteiger partial charge in [-0.1, -0.05) is 6.92 Å². The Labute approximate surface area is 122 Å². The molecular formula is C15H17NO3S. The number of thiazole rings is 1. The molecule has 1 heterocycles. The second-order valence-electron chi connectivity index (χ2n) is 4.25. The van der Waals surface area contributed by atoms with Crippen molar-refractivity contribution in [3.63, 3.8) is 0 Å². The van der Waals surface area contributed by atoms with Gasteiger partial charge in [0.1, 0.15) is 10.8 Å². The van der Waals surface area contributed by atoms with Crippen molar-refractivity contribution >= 4 is 17.3 Å². The molecule has 0 spiro atoms. The van der Waals surface area contributed by atoms with Crippen molar-refractivity contribution in [2.24, 2.45) is 0 Å². The number of ether oxygens (including phenoxy) is 2. The Bertz CT molecular complexity index is 563. The zero-order valence-corrected chi connectivity index (χ0v) is 12.4. The molecule has 1 aromatic heterocycles. The third-order valence-corrected chi connectivity index (χ3v) is 3.55. The van der Waals surface area contributed by atoms with Crippen LogP contribution in [0.2, 0.25) is 0 Å². The average Bonchev–Trinajstić information content (AvgIpc) is 2.94. The highest BCUT2D eigenvalue weighted by Crippen LogP contribution is 2.24. The molecule has 1 aromatic carbocycles. The number of hydrogen-bond donors (Lipinski definition) is 0. The molecule has 0 unspecified atom stereocenters. The molecule has 0 aliphatic carbocycles. The van der Waals surface area contributed by atoms with Crippen LogP contribution in [0, 0.1) is 0 Å². The molecule has 0 saturated heterocycles. The maximum Gasteiger partial charge on any atom is 0.312 e. The van der Waals surface area contributed by atoms with Crippen LogP contribution in [-0.2, 0) is 16.0 Å². The lowest BCUT2D eigenvalue weighted by atomic mass is 10.2. The van der Waals surface area contributed by atoms with Crippen molar-refractivity contribution in [3.05, 3.63) is 34.7 Å². The number of benzene rings is 1. The molecular weight excluding hydrogens is 274 g/mol. The Morgan fingerprint density at radius 2 is 2.05 bits per heavy atom. The Morgan fingerprint density at radius 1 is 1.30 bits per heavy atom. The summed E-state index contributed by atoms with van der Waals surface area (Å²) in [6.45, 7) is 2.80. The average molecular weight is 291 g/mol. The predicted octanol–water partition coefficient (Wildman–Crippen LogP) is 3.31. The molecule has 0 N–H and O–H groups in total. The number of methoxy groups -OCH3 is 1. The molecule has 0 atom stereocenters. The maximum atomic E-state index is 11.2. The van der Waals surface area contributed by atoms with E-state index >= 15 is 0 Å². The Morgan fingerprint density at radius 3 is 2.70 bits per heavy atom. The van der Waals surface area contributed by atoms with E-state index in [1.165, 1.54) is 18.4 Å². The Kier molecular flexibility index (Phi) is 5.12. The zero-order chi connectivity index (χ0) is 14.4. The molecule has 20 heavy (non-hydrogen) atoms. The number of esters is 1. The summed E-state index contributed by atoms with van der Waals surface area (Å²) in [7, 11) is 1.38. The first-order valence-electron chi connectivity index (χ1n) is 6.47. The standard InChI is InChI=1S/C15H17NO3S/c1-3-8-19-12-6-4-11(5-7-12)13-10-20-14(16-13)9-15(17)18-2/h4-7,10H,3,8-9H2,1-2H3. The minimum Gasteiger partial charge on any atom is -0.494 e. The summed E-state index contributed by atoms with van der Waals surface area (Å²) >= 11 is 1.46. The van der Waals surface area contributed by atoms with Crippen LogP contribution in [0.4, 0.5) is 0 Å². The summed E-state index contributed by atoms with van der Waals surface area (Å²) in [5.74, 6) is 0.592. The summed E-state index contributed by atoms with van der Waals surface area (Å²) in [5.41, 5.74) is 1.89. The number of aromatic nitrogens is 1. The van der Waals surface area contributed by atoms with Crippen LogP contribution in [0.5, 0.6) is 5.75 Å². The van der Waals surface area contributed by atoms with E-state index in [4.69, 9.17) is 4.74 Å². The van der Waals surface area contributed by atoms with Gasteiger partial charge in [-0.25, -0.2) is 4.98 Å². The molecule has 2 rings (SSSR count). The zero-order valence-electron chi connectivity index (χ0n) is 11.6. The smallest absolute Gasteiger partial charge is 0.312 e. The van der Waals surface area contributed by atoms with Crippen LogP contribution < -0.4 is 4.74 Å². The molecule has 0 fully saturated rings. The fraction of sp³-hybridized carbons (Fsp3) is 0.333. The molecule has 4 nitrogen and oxygen atoms in total. The lowest BCUT2D eigenvalue weighted by Crippen LogP contribution is -2.03. The predicted molar refractivity (Wildman–Crippen MR) is 79.1 cm³/mol. The van der Waals surface area contributed by atoms with E-state index < -0.39 is 0 Å². The topological polar surface area (TPSA) is 48.4 Å². The normalized spacial score (nSPS) is 10.3. The number of nitrogens with zero attached hydrogens (tertiary/aromatic N) is 1. The summed E-state index contributed by atoms with van der Waals surface area (Å²) in [6, 6.07) is 7.82. The van der Waals surface area contributed by atoms with Crippen LogP contribution in [0.15, 0.2) is 29.6 Å². The SMILES string of the molecule is CCCOc1ccc(-c2csc(CC(=O)OC)n2)cc1. The van der Waals surface area contributed by atoms with Crippen molar-refractivity contribution < 1.29 is 14.3 Å². The molecule has 0 aliphatic rings. The summed E-state index contributed by atoms with van der Waals surface area (Å²) in [4.78, 5) is 15.6. The molecule has 106 valence electrons. The van der Waals surface area contributed by atoms with Crippen molar-refractivity contribution in [1.29, 1.82) is 0 Å². The second-order valence-corrected chi connectivity index (χ2v) is 5.19. The second kappa shape index (κ2) is 7.05. The molecule has 0 saturated carbocycles. The molecule has 0 aliphatic heterocycles. The van der Waals surface area contributed by atoms with Crippen LogP contribution in [0.3, 0.4) is 0 Å².